The Hall–Kier alpha value is -1.55. The molecule has 1 saturated heterocycles. The Kier molecular flexibility index (Phi) is 9.37. The van der Waals surface area contributed by atoms with E-state index in [1.54, 1.807) is 24.3 Å². The maximum absolute atomic E-state index is 11.9. The largest absolute Gasteiger partial charge is 0.508 e. The van der Waals surface area contributed by atoms with E-state index in [2.05, 4.69) is 17.1 Å². The van der Waals surface area contributed by atoms with E-state index in [4.69, 9.17) is 0 Å². The number of nitrogens with one attached hydrogen (secondary N) is 1. The molecule has 0 aliphatic carbocycles. The molecule has 1 amide bonds. The smallest absolute Gasteiger partial charge is 0.224 e. The van der Waals surface area contributed by atoms with Crippen LogP contribution in [0, 0.1) is 5.92 Å². The zero-order valence-electron chi connectivity index (χ0n) is 14.8. The molecule has 1 aliphatic heterocycles. The molecule has 4 nitrogen and oxygen atoms in total. The first-order valence-electron chi connectivity index (χ1n) is 8.94. The minimum atomic E-state index is 0.0617. The molecule has 1 aromatic carbocycles. The highest BCUT2D eigenvalue weighted by Crippen LogP contribution is 2.19. The van der Waals surface area contributed by atoms with Gasteiger partial charge in [-0.3, -0.25) is 4.79 Å². The molecular formula is C19H32N2O2. The van der Waals surface area contributed by atoms with Crippen molar-refractivity contribution in [1.82, 2.24) is 10.2 Å². The number of nitrogens with zero attached hydrogens (tertiary/aromatic N) is 1. The number of rotatable bonds is 6. The molecule has 0 spiro atoms. The number of amides is 1. The van der Waals surface area contributed by atoms with Crippen LogP contribution in [0.4, 0.5) is 0 Å². The van der Waals surface area contributed by atoms with Gasteiger partial charge in [0.25, 0.3) is 0 Å². The average molecular weight is 320 g/mol. The third-order valence-corrected chi connectivity index (χ3v) is 4.33. The molecule has 1 aliphatic rings. The maximum Gasteiger partial charge on any atom is 0.224 e. The van der Waals surface area contributed by atoms with Crippen LogP contribution in [0.1, 0.15) is 45.6 Å². The summed E-state index contributed by atoms with van der Waals surface area (Å²) in [5.74, 6) is 1.05. The molecule has 0 radical (unpaired) electrons. The lowest BCUT2D eigenvalue weighted by Crippen LogP contribution is -2.35. The van der Waals surface area contributed by atoms with Crippen molar-refractivity contribution in [3.63, 3.8) is 0 Å². The highest BCUT2D eigenvalue weighted by atomic mass is 16.3. The lowest BCUT2D eigenvalue weighted by Gasteiger charge is -2.31. The second-order valence-electron chi connectivity index (χ2n) is 5.86. The number of phenolic OH excluding ortho intramolecular Hbond substituents is 1. The van der Waals surface area contributed by atoms with Crippen LogP contribution in [-0.2, 0) is 11.2 Å². The number of carbonyl (C=O) groups is 1. The van der Waals surface area contributed by atoms with Crippen molar-refractivity contribution < 1.29 is 9.90 Å². The van der Waals surface area contributed by atoms with E-state index in [0.29, 0.717) is 6.42 Å². The molecule has 1 fully saturated rings. The summed E-state index contributed by atoms with van der Waals surface area (Å²) >= 11 is 0. The Labute approximate surface area is 140 Å². The number of hydrogen-bond donors (Lipinski definition) is 2. The van der Waals surface area contributed by atoms with Crippen molar-refractivity contribution in [1.29, 1.82) is 0 Å². The van der Waals surface area contributed by atoms with Gasteiger partial charge in [0.15, 0.2) is 0 Å². The van der Waals surface area contributed by atoms with E-state index in [1.165, 1.54) is 25.9 Å². The molecule has 2 rings (SSSR count). The minimum absolute atomic E-state index is 0.0617. The second-order valence-corrected chi connectivity index (χ2v) is 5.86. The molecule has 2 N–H and O–H groups in total. The minimum Gasteiger partial charge on any atom is -0.508 e. The molecule has 0 aromatic heterocycles. The van der Waals surface area contributed by atoms with Crippen molar-refractivity contribution in [2.75, 3.05) is 26.2 Å². The first-order chi connectivity index (χ1) is 11.2. The Morgan fingerprint density at radius 3 is 2.39 bits per heavy atom. The number of phenols is 1. The van der Waals surface area contributed by atoms with Crippen LogP contribution in [0.3, 0.4) is 0 Å². The van der Waals surface area contributed by atoms with Gasteiger partial charge < -0.3 is 15.3 Å². The van der Waals surface area contributed by atoms with Crippen molar-refractivity contribution in [2.24, 2.45) is 5.92 Å². The summed E-state index contributed by atoms with van der Waals surface area (Å²) in [6, 6.07) is 6.80. The van der Waals surface area contributed by atoms with Crippen LogP contribution in [0.25, 0.3) is 0 Å². The monoisotopic (exact) mass is 320 g/mol. The SMILES string of the molecule is CC.CCN1CCC(CCNC(=O)Cc2ccc(O)cc2)CC1. The van der Waals surface area contributed by atoms with Crippen LogP contribution in [0.5, 0.6) is 5.75 Å². The van der Waals surface area contributed by atoms with E-state index < -0.39 is 0 Å². The van der Waals surface area contributed by atoms with Crippen molar-refractivity contribution in [3.05, 3.63) is 29.8 Å². The zero-order chi connectivity index (χ0) is 17.1. The van der Waals surface area contributed by atoms with Crippen LogP contribution in [0.2, 0.25) is 0 Å². The number of aromatic hydroxyl groups is 1. The van der Waals surface area contributed by atoms with Gasteiger partial charge in [-0.2, -0.15) is 0 Å². The molecular weight excluding hydrogens is 288 g/mol. The fraction of sp³-hybridized carbons (Fsp3) is 0.632. The van der Waals surface area contributed by atoms with E-state index in [9.17, 15) is 9.90 Å². The summed E-state index contributed by atoms with van der Waals surface area (Å²) in [5, 5.41) is 12.2. The fourth-order valence-corrected chi connectivity index (χ4v) is 2.87. The zero-order valence-corrected chi connectivity index (χ0v) is 14.8. The fourth-order valence-electron chi connectivity index (χ4n) is 2.87. The normalized spacial score (nSPS) is 15.6. The van der Waals surface area contributed by atoms with Gasteiger partial charge in [0, 0.05) is 6.54 Å². The average Bonchev–Trinajstić information content (AvgIpc) is 2.59. The third-order valence-electron chi connectivity index (χ3n) is 4.33. The van der Waals surface area contributed by atoms with Crippen LogP contribution in [0.15, 0.2) is 24.3 Å². The molecule has 1 aromatic rings. The Balaban J connectivity index is 0.00000127. The first-order valence-corrected chi connectivity index (χ1v) is 8.94. The summed E-state index contributed by atoms with van der Waals surface area (Å²) in [5.41, 5.74) is 0.932. The lowest BCUT2D eigenvalue weighted by molar-refractivity contribution is -0.120. The van der Waals surface area contributed by atoms with Gasteiger partial charge >= 0.3 is 0 Å². The van der Waals surface area contributed by atoms with Gasteiger partial charge in [-0.15, -0.1) is 0 Å². The molecule has 1 heterocycles. The first kappa shape index (κ1) is 19.5. The second kappa shape index (κ2) is 11.1. The molecule has 0 bridgehead atoms. The molecule has 0 saturated carbocycles. The Bertz CT molecular complexity index is 437. The van der Waals surface area contributed by atoms with Gasteiger partial charge in [-0.1, -0.05) is 32.9 Å². The highest BCUT2D eigenvalue weighted by Gasteiger charge is 2.17. The molecule has 23 heavy (non-hydrogen) atoms. The Morgan fingerprint density at radius 1 is 1.22 bits per heavy atom. The van der Waals surface area contributed by atoms with Crippen LogP contribution >= 0.6 is 0 Å². The van der Waals surface area contributed by atoms with Crippen molar-refractivity contribution in [2.45, 2.75) is 46.5 Å². The van der Waals surface area contributed by atoms with Gasteiger partial charge in [0.1, 0.15) is 5.75 Å². The Morgan fingerprint density at radius 2 is 1.83 bits per heavy atom. The predicted octanol–water partition coefficient (Wildman–Crippen LogP) is 3.20. The van der Waals surface area contributed by atoms with E-state index in [-0.39, 0.29) is 11.7 Å². The third kappa shape index (κ3) is 7.51. The van der Waals surface area contributed by atoms with E-state index >= 15 is 0 Å². The summed E-state index contributed by atoms with van der Waals surface area (Å²) in [4.78, 5) is 14.3. The number of carbonyl (C=O) groups excluding carboxylic acids is 1. The molecule has 0 atom stereocenters. The lowest BCUT2D eigenvalue weighted by atomic mass is 9.93. The van der Waals surface area contributed by atoms with Crippen molar-refractivity contribution in [3.8, 4) is 5.75 Å². The quantitative estimate of drug-likeness (QED) is 0.846. The van der Waals surface area contributed by atoms with Crippen LogP contribution < -0.4 is 5.32 Å². The summed E-state index contributed by atoms with van der Waals surface area (Å²) in [6.45, 7) is 10.5. The number of hydrogen-bond acceptors (Lipinski definition) is 3. The number of piperidine rings is 1. The van der Waals surface area contributed by atoms with Gasteiger partial charge in [0.05, 0.1) is 6.42 Å². The molecule has 130 valence electrons. The number of benzene rings is 1. The summed E-state index contributed by atoms with van der Waals surface area (Å²) < 4.78 is 0. The number of likely N-dealkylation sites (tertiary alicyclic amines) is 1. The van der Waals surface area contributed by atoms with Gasteiger partial charge in [-0.05, 0) is 62.5 Å². The topological polar surface area (TPSA) is 52.6 Å². The highest BCUT2D eigenvalue weighted by molar-refractivity contribution is 5.78. The summed E-state index contributed by atoms with van der Waals surface area (Å²) in [6.07, 6.45) is 3.97. The van der Waals surface area contributed by atoms with Gasteiger partial charge in [-0.25, -0.2) is 0 Å². The van der Waals surface area contributed by atoms with E-state index in [0.717, 1.165) is 31.0 Å². The summed E-state index contributed by atoms with van der Waals surface area (Å²) in [7, 11) is 0. The molecule has 0 unspecified atom stereocenters. The standard InChI is InChI=1S/C17H26N2O2.C2H6/c1-2-19-11-8-14(9-12-19)7-10-18-17(21)13-15-3-5-16(20)6-4-15;1-2/h3-6,14,20H,2,7-13H2,1H3,(H,18,21);1-2H3. The van der Waals surface area contributed by atoms with Gasteiger partial charge in [0.2, 0.25) is 5.91 Å². The van der Waals surface area contributed by atoms with E-state index in [1.807, 2.05) is 13.8 Å². The predicted molar refractivity (Wildman–Crippen MR) is 95.6 cm³/mol. The van der Waals surface area contributed by atoms with Crippen LogP contribution in [-0.4, -0.2) is 42.1 Å². The maximum atomic E-state index is 11.9. The molecule has 4 heteroatoms. The van der Waals surface area contributed by atoms with Crippen molar-refractivity contribution >= 4 is 5.91 Å².